The summed E-state index contributed by atoms with van der Waals surface area (Å²) in [6.45, 7) is 2.91. The predicted molar refractivity (Wildman–Crippen MR) is 73.1 cm³/mol. The SMILES string of the molecule is CCC1(CC)COC(c2ccc(OC(F)F)cc2)CN1. The van der Waals surface area contributed by atoms with E-state index in [1.54, 1.807) is 24.3 Å². The van der Waals surface area contributed by atoms with Crippen LogP contribution in [0.1, 0.15) is 38.4 Å². The first-order valence-corrected chi connectivity index (χ1v) is 7.00. The minimum atomic E-state index is -2.79. The summed E-state index contributed by atoms with van der Waals surface area (Å²) in [5.41, 5.74) is 1.04. The van der Waals surface area contributed by atoms with Gasteiger partial charge in [0, 0.05) is 12.1 Å². The van der Waals surface area contributed by atoms with E-state index in [9.17, 15) is 8.78 Å². The molecule has 20 heavy (non-hydrogen) atoms. The summed E-state index contributed by atoms with van der Waals surface area (Å²) < 4.78 is 34.4. The van der Waals surface area contributed by atoms with Crippen LogP contribution in [0, 0.1) is 0 Å². The third kappa shape index (κ3) is 3.46. The fourth-order valence-electron chi connectivity index (χ4n) is 2.46. The van der Waals surface area contributed by atoms with Crippen LogP contribution < -0.4 is 10.1 Å². The van der Waals surface area contributed by atoms with Gasteiger partial charge in [0.1, 0.15) is 5.75 Å². The van der Waals surface area contributed by atoms with Crippen LogP contribution in [0.3, 0.4) is 0 Å². The van der Waals surface area contributed by atoms with Crippen LogP contribution in [0.4, 0.5) is 8.78 Å². The highest BCUT2D eigenvalue weighted by Crippen LogP contribution is 2.28. The van der Waals surface area contributed by atoms with E-state index in [-0.39, 0.29) is 17.4 Å². The number of halogens is 2. The smallest absolute Gasteiger partial charge is 0.387 e. The molecule has 3 nitrogen and oxygen atoms in total. The average molecular weight is 285 g/mol. The maximum Gasteiger partial charge on any atom is 0.387 e. The molecule has 0 aliphatic carbocycles. The van der Waals surface area contributed by atoms with Crippen LogP contribution in [0.5, 0.6) is 5.75 Å². The topological polar surface area (TPSA) is 30.5 Å². The molecule has 1 fully saturated rings. The van der Waals surface area contributed by atoms with Crippen molar-refractivity contribution in [2.75, 3.05) is 13.2 Å². The molecule has 0 spiro atoms. The lowest BCUT2D eigenvalue weighted by Crippen LogP contribution is -2.54. The van der Waals surface area contributed by atoms with E-state index in [1.165, 1.54) is 0 Å². The number of hydrogen-bond donors (Lipinski definition) is 1. The number of rotatable bonds is 5. The standard InChI is InChI=1S/C15H21F2NO2/c1-3-15(4-2)10-19-13(9-18-15)11-5-7-12(8-6-11)20-14(16)17/h5-8,13-14,18H,3-4,9-10H2,1-2H3. The number of benzene rings is 1. The lowest BCUT2D eigenvalue weighted by molar-refractivity contribution is -0.0501. The minimum absolute atomic E-state index is 0.0400. The second-order valence-electron chi connectivity index (χ2n) is 5.12. The van der Waals surface area contributed by atoms with Crippen molar-refractivity contribution in [1.29, 1.82) is 0 Å². The Morgan fingerprint density at radius 2 is 1.95 bits per heavy atom. The first-order chi connectivity index (χ1) is 9.58. The summed E-state index contributed by atoms with van der Waals surface area (Å²) in [6, 6.07) is 6.64. The zero-order chi connectivity index (χ0) is 14.6. The fraction of sp³-hybridized carbons (Fsp3) is 0.600. The Bertz CT molecular complexity index is 408. The van der Waals surface area contributed by atoms with Crippen LogP contribution in [0.2, 0.25) is 0 Å². The van der Waals surface area contributed by atoms with Crippen molar-refractivity contribution in [1.82, 2.24) is 5.32 Å². The molecule has 1 atom stereocenters. The molecule has 112 valence electrons. The van der Waals surface area contributed by atoms with Gasteiger partial charge in [0.25, 0.3) is 0 Å². The van der Waals surface area contributed by atoms with E-state index < -0.39 is 6.61 Å². The Labute approximate surface area is 118 Å². The van der Waals surface area contributed by atoms with Gasteiger partial charge in [-0.05, 0) is 30.5 Å². The fourth-order valence-corrected chi connectivity index (χ4v) is 2.46. The van der Waals surface area contributed by atoms with Gasteiger partial charge < -0.3 is 14.8 Å². The van der Waals surface area contributed by atoms with Gasteiger partial charge in [-0.1, -0.05) is 26.0 Å². The average Bonchev–Trinajstić information content (AvgIpc) is 2.48. The van der Waals surface area contributed by atoms with Crippen molar-refractivity contribution in [3.63, 3.8) is 0 Å². The van der Waals surface area contributed by atoms with Crippen molar-refractivity contribution < 1.29 is 18.3 Å². The molecule has 0 amide bonds. The van der Waals surface area contributed by atoms with Crippen molar-refractivity contribution in [2.45, 2.75) is 44.9 Å². The number of hydrogen-bond acceptors (Lipinski definition) is 3. The van der Waals surface area contributed by atoms with E-state index in [0.29, 0.717) is 6.61 Å². The van der Waals surface area contributed by atoms with Crippen LogP contribution in [-0.4, -0.2) is 25.3 Å². The zero-order valence-electron chi connectivity index (χ0n) is 11.9. The van der Waals surface area contributed by atoms with Gasteiger partial charge in [0.05, 0.1) is 12.7 Å². The third-order valence-corrected chi connectivity index (χ3v) is 4.05. The normalized spacial score (nSPS) is 21.9. The van der Waals surface area contributed by atoms with E-state index in [2.05, 4.69) is 23.9 Å². The van der Waals surface area contributed by atoms with Crippen molar-refractivity contribution >= 4 is 0 Å². The summed E-state index contributed by atoms with van der Waals surface area (Å²) in [6.07, 6.45) is 2.01. The Morgan fingerprint density at radius 3 is 2.40 bits per heavy atom. The Kier molecular flexibility index (Phi) is 4.94. The van der Waals surface area contributed by atoms with E-state index in [0.717, 1.165) is 24.9 Å². The highest BCUT2D eigenvalue weighted by atomic mass is 19.3. The van der Waals surface area contributed by atoms with Gasteiger partial charge in [-0.3, -0.25) is 0 Å². The van der Waals surface area contributed by atoms with Crippen LogP contribution >= 0.6 is 0 Å². The first-order valence-electron chi connectivity index (χ1n) is 7.00. The van der Waals surface area contributed by atoms with Gasteiger partial charge in [0.2, 0.25) is 0 Å². The Hall–Kier alpha value is -1.20. The third-order valence-electron chi connectivity index (χ3n) is 4.05. The first kappa shape index (κ1) is 15.2. The van der Waals surface area contributed by atoms with E-state index in [4.69, 9.17) is 4.74 Å². The summed E-state index contributed by atoms with van der Waals surface area (Å²) in [5, 5.41) is 3.55. The van der Waals surface area contributed by atoms with Crippen LogP contribution in [0.15, 0.2) is 24.3 Å². The molecule has 1 aromatic rings. The molecule has 1 unspecified atom stereocenters. The molecule has 1 saturated heterocycles. The molecule has 1 heterocycles. The van der Waals surface area contributed by atoms with Crippen molar-refractivity contribution in [3.8, 4) is 5.75 Å². The molecule has 1 N–H and O–H groups in total. The monoisotopic (exact) mass is 285 g/mol. The lowest BCUT2D eigenvalue weighted by Gasteiger charge is -2.40. The maximum atomic E-state index is 12.1. The van der Waals surface area contributed by atoms with E-state index in [1.807, 2.05) is 0 Å². The van der Waals surface area contributed by atoms with Gasteiger partial charge in [-0.15, -0.1) is 0 Å². The largest absolute Gasteiger partial charge is 0.435 e. The van der Waals surface area contributed by atoms with Gasteiger partial charge in [-0.2, -0.15) is 8.78 Å². The molecule has 2 rings (SSSR count). The van der Waals surface area contributed by atoms with Crippen molar-refractivity contribution in [2.24, 2.45) is 0 Å². The summed E-state index contributed by atoms with van der Waals surface area (Å²) in [5.74, 6) is 0.170. The Balaban J connectivity index is 1.97. The second kappa shape index (κ2) is 6.50. The molecule has 1 aromatic carbocycles. The van der Waals surface area contributed by atoms with Crippen LogP contribution in [0.25, 0.3) is 0 Å². The minimum Gasteiger partial charge on any atom is -0.435 e. The lowest BCUT2D eigenvalue weighted by atomic mass is 9.91. The quantitative estimate of drug-likeness (QED) is 0.898. The number of alkyl halides is 2. The molecule has 0 bridgehead atoms. The van der Waals surface area contributed by atoms with Crippen molar-refractivity contribution in [3.05, 3.63) is 29.8 Å². The number of morpholine rings is 1. The molecule has 1 aliphatic rings. The highest BCUT2D eigenvalue weighted by molar-refractivity contribution is 5.29. The summed E-state index contributed by atoms with van der Waals surface area (Å²) in [4.78, 5) is 0. The predicted octanol–water partition coefficient (Wildman–Crippen LogP) is 3.51. The maximum absolute atomic E-state index is 12.1. The molecule has 1 aliphatic heterocycles. The summed E-state index contributed by atoms with van der Waals surface area (Å²) in [7, 11) is 0. The van der Waals surface area contributed by atoms with Gasteiger partial charge in [-0.25, -0.2) is 0 Å². The van der Waals surface area contributed by atoms with Crippen LogP contribution in [-0.2, 0) is 4.74 Å². The number of nitrogens with one attached hydrogen (secondary N) is 1. The molecule has 0 saturated carbocycles. The molecular weight excluding hydrogens is 264 g/mol. The Morgan fingerprint density at radius 1 is 1.30 bits per heavy atom. The highest BCUT2D eigenvalue weighted by Gasteiger charge is 2.32. The molecule has 5 heteroatoms. The molecule has 0 aromatic heterocycles. The van der Waals surface area contributed by atoms with Gasteiger partial charge in [0.15, 0.2) is 0 Å². The molecular formula is C15H21F2NO2. The molecule has 0 radical (unpaired) electrons. The van der Waals surface area contributed by atoms with Gasteiger partial charge >= 0.3 is 6.61 Å². The number of ether oxygens (including phenoxy) is 2. The second-order valence-corrected chi connectivity index (χ2v) is 5.12. The summed E-state index contributed by atoms with van der Waals surface area (Å²) >= 11 is 0. The zero-order valence-corrected chi connectivity index (χ0v) is 11.9. The van der Waals surface area contributed by atoms with E-state index >= 15 is 0 Å².